The Balaban J connectivity index is 0. The molecule has 0 bridgehead atoms. The molecule has 0 fully saturated rings. The van der Waals surface area contributed by atoms with Gasteiger partial charge in [-0.2, -0.15) is 0 Å². The maximum atomic E-state index is 5.56. The molecule has 0 unspecified atom stereocenters. The van der Waals surface area contributed by atoms with Gasteiger partial charge >= 0.3 is 18.9 Å². The fraction of sp³-hybridized carbons (Fsp3) is 0.583. The van der Waals surface area contributed by atoms with E-state index in [4.69, 9.17) is 22.6 Å². The Kier molecular flexibility index (Phi) is 24.5. The van der Waals surface area contributed by atoms with Gasteiger partial charge in [0.05, 0.1) is 6.61 Å². The average molecular weight is 366 g/mol. The summed E-state index contributed by atoms with van der Waals surface area (Å²) in [5.74, 6) is 0. The van der Waals surface area contributed by atoms with Gasteiger partial charge in [-0.05, 0) is 12.0 Å². The molecule has 27 heavy (non-hydrogen) atoms. The van der Waals surface area contributed by atoms with E-state index in [1.807, 2.05) is 30.3 Å². The summed E-state index contributed by atoms with van der Waals surface area (Å²) in [6.45, 7) is 16.0. The van der Waals surface area contributed by atoms with E-state index in [0.29, 0.717) is 13.4 Å². The zero-order valence-corrected chi connectivity index (χ0v) is 17.9. The fourth-order valence-electron chi connectivity index (χ4n) is 2.39. The van der Waals surface area contributed by atoms with E-state index in [2.05, 4.69) is 13.8 Å². The molecule has 1 rings (SSSR count). The van der Waals surface area contributed by atoms with E-state index >= 15 is 0 Å². The van der Waals surface area contributed by atoms with Gasteiger partial charge in [0.15, 0.2) is 0 Å². The summed E-state index contributed by atoms with van der Waals surface area (Å²) in [4.78, 5) is 0. The standard InChI is InChI=1S/C16H23O2.C8H15.Li/c1-3-5-7-12-16(4-2)18-14-17-13-15-10-8-6-9-11-15;1-3-5-7-8-6-4-2;/h2,4,6,8-11,16H,3,5,7,12-14H2,1H3;1,3H,4-8H2,2H3;/q2*-1;+1/t16-;;/m0../s1. The first-order valence-corrected chi connectivity index (χ1v) is 10.1. The molecule has 3 heteroatoms. The summed E-state index contributed by atoms with van der Waals surface area (Å²) >= 11 is 0. The third-order valence-corrected chi connectivity index (χ3v) is 4.01. The maximum Gasteiger partial charge on any atom is 1.00 e. The first kappa shape index (κ1) is 28.4. The Bertz CT molecular complexity index is 420. The molecular weight excluding hydrogens is 327 g/mol. The number of unbranched alkanes of at least 4 members (excludes halogenated alkanes) is 6. The topological polar surface area (TPSA) is 18.5 Å². The van der Waals surface area contributed by atoms with Crippen molar-refractivity contribution in [2.24, 2.45) is 0 Å². The quantitative estimate of drug-likeness (QED) is 0.202. The van der Waals surface area contributed by atoms with E-state index in [9.17, 15) is 0 Å². The fourth-order valence-corrected chi connectivity index (χ4v) is 2.39. The number of rotatable bonds is 15. The van der Waals surface area contributed by atoms with Gasteiger partial charge in [0.1, 0.15) is 6.79 Å². The molecule has 0 saturated carbocycles. The van der Waals surface area contributed by atoms with Crippen LogP contribution in [-0.4, -0.2) is 12.9 Å². The first-order chi connectivity index (χ1) is 12.8. The van der Waals surface area contributed by atoms with Crippen LogP contribution in [0, 0.1) is 13.2 Å². The normalized spacial score (nSPS) is 10.9. The van der Waals surface area contributed by atoms with E-state index in [-0.39, 0.29) is 25.0 Å². The van der Waals surface area contributed by atoms with Crippen LogP contribution in [0.25, 0.3) is 0 Å². The minimum atomic E-state index is 0. The molecule has 0 N–H and O–H groups in total. The SMILES string of the molecule is [CH-]=CCCCCCC.[CH-]=C[C@@H](CCCCC)OCOCc1ccccc1.[Li+]. The predicted octanol–water partition coefficient (Wildman–Crippen LogP) is 4.07. The molecule has 0 saturated heterocycles. The van der Waals surface area contributed by atoms with Crippen LogP contribution < -0.4 is 18.9 Å². The largest absolute Gasteiger partial charge is 1.00 e. The van der Waals surface area contributed by atoms with Gasteiger partial charge < -0.3 is 22.6 Å². The van der Waals surface area contributed by atoms with Crippen molar-refractivity contribution in [2.75, 3.05) is 6.79 Å². The van der Waals surface area contributed by atoms with Crippen molar-refractivity contribution in [1.29, 1.82) is 0 Å². The Morgan fingerprint density at radius 1 is 0.926 bits per heavy atom. The molecule has 2 nitrogen and oxygen atoms in total. The molecule has 1 atom stereocenters. The van der Waals surface area contributed by atoms with Gasteiger partial charge in [-0.3, -0.25) is 6.08 Å². The zero-order chi connectivity index (χ0) is 19.3. The molecule has 1 aromatic carbocycles. The summed E-state index contributed by atoms with van der Waals surface area (Å²) in [5, 5.41) is 0. The number of benzene rings is 1. The molecule has 148 valence electrons. The second kappa shape index (κ2) is 23.3. The molecule has 0 aromatic heterocycles. The van der Waals surface area contributed by atoms with E-state index in [0.717, 1.165) is 24.8 Å². The Labute approximate surface area is 180 Å². The number of hydrogen-bond donors (Lipinski definition) is 0. The Hall–Kier alpha value is -0.783. The molecule has 0 radical (unpaired) electrons. The van der Waals surface area contributed by atoms with Crippen LogP contribution in [0.2, 0.25) is 0 Å². The summed E-state index contributed by atoms with van der Waals surface area (Å²) in [7, 11) is 0. The van der Waals surface area contributed by atoms with Gasteiger partial charge in [-0.15, -0.1) is 0 Å². The van der Waals surface area contributed by atoms with Crippen LogP contribution in [-0.2, 0) is 16.1 Å². The van der Waals surface area contributed by atoms with Crippen LogP contribution >= 0.6 is 0 Å². The van der Waals surface area contributed by atoms with E-state index < -0.39 is 0 Å². The van der Waals surface area contributed by atoms with Gasteiger partial charge in [0, 0.05) is 6.10 Å². The van der Waals surface area contributed by atoms with Crippen molar-refractivity contribution >= 4 is 0 Å². The minimum Gasteiger partial charge on any atom is -0.518 e. The molecule has 0 heterocycles. The number of ether oxygens (including phenoxy) is 2. The third-order valence-electron chi connectivity index (χ3n) is 4.01. The monoisotopic (exact) mass is 365 g/mol. The summed E-state index contributed by atoms with van der Waals surface area (Å²) in [5.41, 5.74) is 1.15. The van der Waals surface area contributed by atoms with Gasteiger partial charge in [-0.1, -0.05) is 95.5 Å². The molecule has 0 aliphatic rings. The maximum absolute atomic E-state index is 5.56. The van der Waals surface area contributed by atoms with Gasteiger partial charge in [-0.25, -0.2) is 6.08 Å². The molecule has 0 aliphatic carbocycles. The van der Waals surface area contributed by atoms with E-state index in [1.165, 1.54) is 38.5 Å². The summed E-state index contributed by atoms with van der Waals surface area (Å²) < 4.78 is 11.0. The first-order valence-electron chi connectivity index (χ1n) is 10.1. The second-order valence-corrected chi connectivity index (χ2v) is 6.43. The second-order valence-electron chi connectivity index (χ2n) is 6.43. The van der Waals surface area contributed by atoms with Crippen LogP contribution in [0.15, 0.2) is 42.5 Å². The van der Waals surface area contributed by atoms with Crippen LogP contribution in [0.5, 0.6) is 0 Å². The summed E-state index contributed by atoms with van der Waals surface area (Å²) in [6.07, 6.45) is 14.3. The predicted molar refractivity (Wildman–Crippen MR) is 112 cm³/mol. The Morgan fingerprint density at radius 3 is 2.19 bits per heavy atom. The Morgan fingerprint density at radius 2 is 1.59 bits per heavy atom. The van der Waals surface area contributed by atoms with Crippen molar-refractivity contribution in [1.82, 2.24) is 0 Å². The third kappa shape index (κ3) is 19.8. The van der Waals surface area contributed by atoms with Crippen LogP contribution in [0.4, 0.5) is 0 Å². The van der Waals surface area contributed by atoms with Crippen LogP contribution in [0.1, 0.15) is 77.2 Å². The number of allylic oxidation sites excluding steroid dienone is 1. The molecule has 1 aromatic rings. The van der Waals surface area contributed by atoms with Gasteiger partial charge in [0.2, 0.25) is 0 Å². The van der Waals surface area contributed by atoms with Crippen molar-refractivity contribution in [3.8, 4) is 0 Å². The van der Waals surface area contributed by atoms with Crippen molar-refractivity contribution in [3.05, 3.63) is 61.2 Å². The van der Waals surface area contributed by atoms with Crippen molar-refractivity contribution < 1.29 is 28.3 Å². The van der Waals surface area contributed by atoms with Crippen molar-refractivity contribution in [3.63, 3.8) is 0 Å². The van der Waals surface area contributed by atoms with Gasteiger partial charge in [0.25, 0.3) is 0 Å². The van der Waals surface area contributed by atoms with E-state index in [1.54, 1.807) is 12.2 Å². The van der Waals surface area contributed by atoms with Crippen molar-refractivity contribution in [2.45, 2.75) is 84.3 Å². The smallest absolute Gasteiger partial charge is 0.518 e. The minimum absolute atomic E-state index is 0. The molecule has 0 aliphatic heterocycles. The molecular formula is C24H38LiO2-. The zero-order valence-electron chi connectivity index (χ0n) is 17.9. The number of hydrogen-bond acceptors (Lipinski definition) is 2. The summed E-state index contributed by atoms with van der Waals surface area (Å²) in [6, 6.07) is 10.1. The average Bonchev–Trinajstić information content (AvgIpc) is 2.68. The molecule has 0 amide bonds. The van der Waals surface area contributed by atoms with Crippen LogP contribution in [0.3, 0.4) is 0 Å². The molecule has 0 spiro atoms.